The molecule has 2 atom stereocenters. The van der Waals surface area contributed by atoms with Crippen LogP contribution in [-0.2, 0) is 71.5 Å². The van der Waals surface area contributed by atoms with E-state index in [4.69, 9.17) is 37.9 Å². The summed E-state index contributed by atoms with van der Waals surface area (Å²) in [6.07, 6.45) is 1.37. The number of benzene rings is 5. The van der Waals surface area contributed by atoms with Gasteiger partial charge in [0.1, 0.15) is 49.8 Å². The number of nitrogens with zero attached hydrogens (tertiary/aromatic N) is 1. The maximum absolute atomic E-state index is 13.6. The quantitative estimate of drug-likeness (QED) is 0.0188. The molecule has 0 saturated carbocycles. The van der Waals surface area contributed by atoms with Crippen LogP contribution in [0.1, 0.15) is 107 Å². The van der Waals surface area contributed by atoms with Crippen LogP contribution in [0, 0.1) is 0 Å². The minimum Gasteiger partial charge on any atom is -0.462 e. The summed E-state index contributed by atoms with van der Waals surface area (Å²) in [6, 6.07) is 38.1. The largest absolute Gasteiger partial charge is 0.462 e. The summed E-state index contributed by atoms with van der Waals surface area (Å²) < 4.78 is 42.1. The van der Waals surface area contributed by atoms with Crippen LogP contribution in [0.25, 0.3) is 22.3 Å². The van der Waals surface area contributed by atoms with Crippen molar-refractivity contribution in [2.75, 3.05) is 31.3 Å². The van der Waals surface area contributed by atoms with Gasteiger partial charge in [-0.25, -0.2) is 19.2 Å². The third-order valence-electron chi connectivity index (χ3n) is 12.0. The van der Waals surface area contributed by atoms with Crippen molar-refractivity contribution < 1.29 is 76.3 Å². The Bertz CT molecular complexity index is 2830. The van der Waals surface area contributed by atoms with Crippen LogP contribution in [0.5, 0.6) is 0 Å². The molecule has 2 unspecified atom stereocenters. The predicted octanol–water partition coefficient (Wildman–Crippen LogP) is 11.6. The van der Waals surface area contributed by atoms with Crippen molar-refractivity contribution in [1.29, 1.82) is 0 Å². The molecule has 420 valence electrons. The van der Waals surface area contributed by atoms with E-state index in [1.807, 2.05) is 114 Å². The molecule has 0 amide bonds. The third kappa shape index (κ3) is 19.7. The Morgan fingerprint density at radius 2 is 0.738 bits per heavy atom. The second kappa shape index (κ2) is 29.6. The monoisotopic (exact) mass is 1090 g/mol. The highest BCUT2D eigenvalue weighted by atomic mass is 16.6. The SMILES string of the molecule is C=CC(=O)OCCOC(=O)CCC(=O)OC(C)c1ccc(-c2ccc(N(c3ccc(C(=O)OC(C)(C)CC(C)(C)OC(=O)C=C)cc3)c3ccc(-c4ccc(C(C)OC(=O)CCC(=O)OCCOC(=O)C=C)cc4)cc3)cc2)cc1. The molecule has 0 saturated heterocycles. The summed E-state index contributed by atoms with van der Waals surface area (Å²) in [5, 5.41) is 0. The first-order valence-corrected chi connectivity index (χ1v) is 25.8. The van der Waals surface area contributed by atoms with Gasteiger partial charge in [-0.1, -0.05) is 92.5 Å². The van der Waals surface area contributed by atoms with Crippen molar-refractivity contribution in [1.82, 2.24) is 0 Å². The third-order valence-corrected chi connectivity index (χ3v) is 12.0. The zero-order valence-electron chi connectivity index (χ0n) is 45.9. The molecule has 0 fully saturated rings. The highest BCUT2D eigenvalue weighted by Gasteiger charge is 2.35. The Morgan fingerprint density at radius 1 is 0.425 bits per heavy atom. The van der Waals surface area contributed by atoms with E-state index in [1.54, 1.807) is 53.7 Å². The van der Waals surface area contributed by atoms with Crippen molar-refractivity contribution >= 4 is 64.8 Å². The standard InChI is InChI=1S/C63H67NO16/c1-10-54(65)73-37-39-75-57(68)33-35-59(70)77-42(4)44-13-17-46(18-14-44)48-21-27-51(28-22-48)64(53-31-25-50(26-32-53)61(72)80-63(8,9)41-62(6,7)79-56(67)12-3)52-29-23-49(24-30-52)47-19-15-45(16-20-47)43(5)78-60(71)36-34-58(69)76-40-38-74-55(66)11-2/h10-32,42-43H,1-3,33-41H2,4-9H3. The van der Waals surface area contributed by atoms with Gasteiger partial charge in [0.05, 0.1) is 31.2 Å². The molecule has 0 aliphatic carbocycles. The van der Waals surface area contributed by atoms with Gasteiger partial charge in [-0.15, -0.1) is 0 Å². The molecule has 5 aromatic carbocycles. The maximum atomic E-state index is 13.6. The lowest BCUT2D eigenvalue weighted by molar-refractivity contribution is -0.155. The molecule has 5 aromatic rings. The van der Waals surface area contributed by atoms with E-state index < -0.39 is 71.2 Å². The Morgan fingerprint density at radius 3 is 1.10 bits per heavy atom. The fraction of sp³-hybridized carbons (Fsp3) is 0.302. The Hall–Kier alpha value is -9.12. The normalized spacial score (nSPS) is 11.8. The molecule has 80 heavy (non-hydrogen) atoms. The fourth-order valence-electron chi connectivity index (χ4n) is 8.33. The van der Waals surface area contributed by atoms with Gasteiger partial charge in [0.2, 0.25) is 0 Å². The van der Waals surface area contributed by atoms with Crippen LogP contribution >= 0.6 is 0 Å². The molecule has 0 radical (unpaired) electrons. The van der Waals surface area contributed by atoms with E-state index in [2.05, 4.69) is 19.7 Å². The van der Waals surface area contributed by atoms with Crippen molar-refractivity contribution in [3.63, 3.8) is 0 Å². The minimum absolute atomic E-state index is 0.123. The summed E-state index contributed by atoms with van der Waals surface area (Å²) in [5.41, 5.74) is 5.88. The van der Waals surface area contributed by atoms with Crippen LogP contribution < -0.4 is 4.90 Å². The molecule has 0 aliphatic heterocycles. The molecule has 0 aliphatic rings. The number of carbonyl (C=O) groups is 8. The number of esters is 8. The summed E-state index contributed by atoms with van der Waals surface area (Å²) in [7, 11) is 0. The molecule has 0 bridgehead atoms. The van der Waals surface area contributed by atoms with Crippen LogP contribution in [0.4, 0.5) is 17.1 Å². The van der Waals surface area contributed by atoms with Gasteiger partial charge in [-0.05, 0) is 123 Å². The van der Waals surface area contributed by atoms with E-state index in [-0.39, 0.29) is 58.5 Å². The first-order chi connectivity index (χ1) is 38.1. The topological polar surface area (TPSA) is 214 Å². The molecule has 0 heterocycles. The molecular formula is C63H67NO16. The Labute approximate surface area is 466 Å². The maximum Gasteiger partial charge on any atom is 0.338 e. The smallest absolute Gasteiger partial charge is 0.338 e. The Balaban J connectivity index is 1.29. The van der Waals surface area contributed by atoms with Crippen LogP contribution in [0.2, 0.25) is 0 Å². The molecule has 5 rings (SSSR count). The summed E-state index contributed by atoms with van der Waals surface area (Å²) in [4.78, 5) is 99.0. The first-order valence-electron chi connectivity index (χ1n) is 25.8. The number of hydrogen-bond donors (Lipinski definition) is 0. The lowest BCUT2D eigenvalue weighted by Gasteiger charge is -2.34. The number of carbonyl (C=O) groups excluding carboxylic acids is 8. The Kier molecular flexibility index (Phi) is 22.8. The van der Waals surface area contributed by atoms with Crippen molar-refractivity contribution in [3.05, 3.63) is 176 Å². The zero-order valence-corrected chi connectivity index (χ0v) is 45.9. The fourth-order valence-corrected chi connectivity index (χ4v) is 8.33. The van der Waals surface area contributed by atoms with E-state index in [9.17, 15) is 38.4 Å². The van der Waals surface area contributed by atoms with Gasteiger partial charge in [-0.2, -0.15) is 0 Å². The van der Waals surface area contributed by atoms with Gasteiger partial charge in [0, 0.05) is 41.7 Å². The summed E-state index contributed by atoms with van der Waals surface area (Å²) >= 11 is 0. The minimum atomic E-state index is -0.993. The lowest BCUT2D eigenvalue weighted by atomic mass is 9.92. The molecular weight excluding hydrogens is 1030 g/mol. The summed E-state index contributed by atoms with van der Waals surface area (Å²) in [5.74, 6) is -4.78. The number of anilines is 3. The van der Waals surface area contributed by atoms with Gasteiger partial charge in [-0.3, -0.25) is 19.2 Å². The molecule has 0 N–H and O–H groups in total. The van der Waals surface area contributed by atoms with E-state index in [1.165, 1.54) is 0 Å². The molecule has 0 aromatic heterocycles. The lowest BCUT2D eigenvalue weighted by Crippen LogP contribution is -2.39. The van der Waals surface area contributed by atoms with Gasteiger partial charge in [0.15, 0.2) is 0 Å². The average molecular weight is 1090 g/mol. The summed E-state index contributed by atoms with van der Waals surface area (Å²) in [6.45, 7) is 20.0. The highest BCUT2D eigenvalue weighted by Crippen LogP contribution is 2.38. The van der Waals surface area contributed by atoms with E-state index >= 15 is 0 Å². The second-order valence-electron chi connectivity index (χ2n) is 19.4. The van der Waals surface area contributed by atoms with Gasteiger partial charge >= 0.3 is 47.8 Å². The van der Waals surface area contributed by atoms with Gasteiger partial charge in [0.25, 0.3) is 0 Å². The van der Waals surface area contributed by atoms with Crippen LogP contribution in [-0.4, -0.2) is 85.4 Å². The van der Waals surface area contributed by atoms with Crippen molar-refractivity contribution in [2.24, 2.45) is 0 Å². The molecule has 0 spiro atoms. The molecule has 17 heteroatoms. The van der Waals surface area contributed by atoms with Crippen molar-refractivity contribution in [3.8, 4) is 22.3 Å². The predicted molar refractivity (Wildman–Crippen MR) is 298 cm³/mol. The van der Waals surface area contributed by atoms with E-state index in [0.29, 0.717) is 5.56 Å². The van der Waals surface area contributed by atoms with Gasteiger partial charge < -0.3 is 42.8 Å². The zero-order chi connectivity index (χ0) is 58.4. The molecule has 17 nitrogen and oxygen atoms in total. The van der Waals surface area contributed by atoms with Crippen LogP contribution in [0.15, 0.2) is 159 Å². The second-order valence-corrected chi connectivity index (χ2v) is 19.4. The highest BCUT2D eigenvalue weighted by molar-refractivity contribution is 5.91. The number of ether oxygens (including phenoxy) is 8. The van der Waals surface area contributed by atoms with E-state index in [0.717, 1.165) is 68.7 Å². The average Bonchev–Trinajstić information content (AvgIpc) is 3.45. The first kappa shape index (κ1) is 61.7. The van der Waals surface area contributed by atoms with Crippen LogP contribution in [0.3, 0.4) is 0 Å². The number of rotatable bonds is 29. The van der Waals surface area contributed by atoms with Crippen molar-refractivity contribution in [2.45, 2.75) is 97.1 Å². The number of hydrogen-bond acceptors (Lipinski definition) is 17.